The molecule has 1 atom stereocenters. The van der Waals surface area contributed by atoms with E-state index in [9.17, 15) is 9.59 Å². The first-order valence-electron chi connectivity index (χ1n) is 7.84. The van der Waals surface area contributed by atoms with Crippen molar-refractivity contribution in [2.45, 2.75) is 25.3 Å². The van der Waals surface area contributed by atoms with Gasteiger partial charge in [0.15, 0.2) is 0 Å². The molecule has 2 amide bonds. The minimum Gasteiger partial charge on any atom is -0.352 e. The largest absolute Gasteiger partial charge is 0.352 e. The number of carbonyl (C=O) groups excluding carboxylic acids is 2. The van der Waals surface area contributed by atoms with E-state index >= 15 is 0 Å². The maximum Gasteiger partial charge on any atom is 0.254 e. The van der Waals surface area contributed by atoms with Crippen LogP contribution in [0.25, 0.3) is 0 Å². The second-order valence-corrected chi connectivity index (χ2v) is 6.24. The number of hydrogen-bond acceptors (Lipinski definition) is 4. The SMILES string of the molecule is CN(C)C(=O)[C@@H]1CCCN1CCCNC(=O)c1cccnc1Cl. The van der Waals surface area contributed by atoms with E-state index in [-0.39, 0.29) is 23.0 Å². The van der Waals surface area contributed by atoms with Crippen molar-refractivity contribution in [1.82, 2.24) is 20.1 Å². The fraction of sp³-hybridized carbons (Fsp3) is 0.562. The molecule has 1 N–H and O–H groups in total. The molecule has 1 aromatic rings. The second-order valence-electron chi connectivity index (χ2n) is 5.88. The Labute approximate surface area is 141 Å². The summed E-state index contributed by atoms with van der Waals surface area (Å²) in [7, 11) is 3.58. The lowest BCUT2D eigenvalue weighted by Gasteiger charge is -2.26. The molecule has 1 aliphatic rings. The Morgan fingerprint density at radius 3 is 2.96 bits per heavy atom. The molecule has 126 valence electrons. The maximum absolute atomic E-state index is 12.1. The first kappa shape index (κ1) is 17.7. The van der Waals surface area contributed by atoms with E-state index in [4.69, 9.17) is 11.6 Å². The van der Waals surface area contributed by atoms with Gasteiger partial charge < -0.3 is 10.2 Å². The Morgan fingerprint density at radius 1 is 1.48 bits per heavy atom. The molecular formula is C16H23ClN4O2. The number of hydrogen-bond donors (Lipinski definition) is 1. The zero-order chi connectivity index (χ0) is 16.8. The standard InChI is InChI=1S/C16H23ClN4O2/c1-20(2)16(23)13-7-4-10-21(13)11-5-9-19-15(22)12-6-3-8-18-14(12)17/h3,6,8,13H,4-5,7,9-11H2,1-2H3,(H,19,22)/t13-/m0/s1. The van der Waals surface area contributed by atoms with Crippen molar-refractivity contribution < 1.29 is 9.59 Å². The number of aromatic nitrogens is 1. The smallest absolute Gasteiger partial charge is 0.254 e. The molecule has 0 radical (unpaired) electrons. The monoisotopic (exact) mass is 338 g/mol. The second kappa shape index (κ2) is 8.26. The molecule has 0 bridgehead atoms. The topological polar surface area (TPSA) is 65.5 Å². The third-order valence-corrected chi connectivity index (χ3v) is 4.30. The molecule has 0 spiro atoms. The van der Waals surface area contributed by atoms with Gasteiger partial charge in [0.25, 0.3) is 5.91 Å². The molecule has 0 aliphatic carbocycles. The Balaban J connectivity index is 1.76. The van der Waals surface area contributed by atoms with Crippen LogP contribution in [0.15, 0.2) is 18.3 Å². The van der Waals surface area contributed by atoms with Crippen molar-refractivity contribution in [3.63, 3.8) is 0 Å². The van der Waals surface area contributed by atoms with E-state index in [2.05, 4.69) is 15.2 Å². The normalized spacial score (nSPS) is 18.0. The third kappa shape index (κ3) is 4.65. The quantitative estimate of drug-likeness (QED) is 0.629. The minimum atomic E-state index is -0.217. The number of rotatable bonds is 6. The molecule has 0 saturated carbocycles. The maximum atomic E-state index is 12.1. The van der Waals surface area contributed by atoms with Gasteiger partial charge in [-0.1, -0.05) is 11.6 Å². The molecule has 1 aromatic heterocycles. The highest BCUT2D eigenvalue weighted by atomic mass is 35.5. The Kier molecular flexibility index (Phi) is 6.36. The molecule has 0 unspecified atom stereocenters. The highest BCUT2D eigenvalue weighted by molar-refractivity contribution is 6.32. The van der Waals surface area contributed by atoms with E-state index in [1.165, 1.54) is 0 Å². The van der Waals surface area contributed by atoms with E-state index in [0.29, 0.717) is 12.1 Å². The molecule has 1 saturated heterocycles. The summed E-state index contributed by atoms with van der Waals surface area (Å²) in [5, 5.41) is 3.05. The predicted molar refractivity (Wildman–Crippen MR) is 89.5 cm³/mol. The number of nitrogens with one attached hydrogen (secondary N) is 1. The van der Waals surface area contributed by atoms with Crippen LogP contribution in [0.2, 0.25) is 5.15 Å². The van der Waals surface area contributed by atoms with Gasteiger partial charge in [-0.05, 0) is 37.9 Å². The molecular weight excluding hydrogens is 316 g/mol. The zero-order valence-electron chi connectivity index (χ0n) is 13.6. The van der Waals surface area contributed by atoms with Gasteiger partial charge in [0.1, 0.15) is 5.15 Å². The molecule has 7 heteroatoms. The van der Waals surface area contributed by atoms with Crippen LogP contribution in [0.3, 0.4) is 0 Å². The Bertz CT molecular complexity index is 565. The first-order chi connectivity index (χ1) is 11.0. The average molecular weight is 339 g/mol. The highest BCUT2D eigenvalue weighted by Crippen LogP contribution is 2.18. The Morgan fingerprint density at radius 2 is 2.26 bits per heavy atom. The van der Waals surface area contributed by atoms with Gasteiger partial charge in [-0.2, -0.15) is 0 Å². The summed E-state index contributed by atoms with van der Waals surface area (Å²) in [5.41, 5.74) is 0.385. The molecule has 0 aromatic carbocycles. The molecule has 2 rings (SSSR count). The number of likely N-dealkylation sites (tertiary alicyclic amines) is 1. The third-order valence-electron chi connectivity index (χ3n) is 4.00. The number of carbonyl (C=O) groups is 2. The Hall–Kier alpha value is -1.66. The van der Waals surface area contributed by atoms with Crippen LogP contribution in [0, 0.1) is 0 Å². The van der Waals surface area contributed by atoms with E-state index in [0.717, 1.165) is 32.4 Å². The molecule has 23 heavy (non-hydrogen) atoms. The molecule has 6 nitrogen and oxygen atoms in total. The fourth-order valence-corrected chi connectivity index (χ4v) is 3.01. The van der Waals surface area contributed by atoms with Crippen molar-refractivity contribution in [3.05, 3.63) is 29.0 Å². The summed E-state index contributed by atoms with van der Waals surface area (Å²) < 4.78 is 0. The molecule has 1 fully saturated rings. The first-order valence-corrected chi connectivity index (χ1v) is 8.22. The average Bonchev–Trinajstić information content (AvgIpc) is 2.99. The number of nitrogens with zero attached hydrogens (tertiary/aromatic N) is 3. The van der Waals surface area contributed by atoms with Crippen molar-refractivity contribution in [3.8, 4) is 0 Å². The number of likely N-dealkylation sites (N-methyl/N-ethyl adjacent to an activating group) is 1. The lowest BCUT2D eigenvalue weighted by atomic mass is 10.2. The summed E-state index contributed by atoms with van der Waals surface area (Å²) in [6.07, 6.45) is 4.30. The van der Waals surface area contributed by atoms with E-state index in [1.54, 1.807) is 37.3 Å². The predicted octanol–water partition coefficient (Wildman–Crippen LogP) is 1.41. The van der Waals surface area contributed by atoms with Gasteiger partial charge in [-0.15, -0.1) is 0 Å². The van der Waals surface area contributed by atoms with Crippen LogP contribution in [-0.2, 0) is 4.79 Å². The molecule has 1 aliphatic heterocycles. The van der Waals surface area contributed by atoms with Gasteiger partial charge in [0, 0.05) is 33.4 Å². The van der Waals surface area contributed by atoms with Gasteiger partial charge in [-0.25, -0.2) is 4.98 Å². The van der Waals surface area contributed by atoms with Gasteiger partial charge in [0.2, 0.25) is 5.91 Å². The number of amides is 2. The van der Waals surface area contributed by atoms with Gasteiger partial charge in [-0.3, -0.25) is 14.5 Å². The van der Waals surface area contributed by atoms with Crippen LogP contribution < -0.4 is 5.32 Å². The summed E-state index contributed by atoms with van der Waals surface area (Å²) in [6, 6.07) is 3.31. The van der Waals surface area contributed by atoms with E-state index in [1.807, 2.05) is 0 Å². The van der Waals surface area contributed by atoms with Crippen LogP contribution in [-0.4, -0.2) is 66.4 Å². The number of halogens is 1. The minimum absolute atomic E-state index is 0.0199. The number of pyridine rings is 1. The van der Waals surface area contributed by atoms with E-state index < -0.39 is 0 Å². The summed E-state index contributed by atoms with van der Waals surface area (Å²) >= 11 is 5.90. The van der Waals surface area contributed by atoms with Crippen LogP contribution in [0.1, 0.15) is 29.6 Å². The summed E-state index contributed by atoms with van der Waals surface area (Å²) in [5.74, 6) is -0.0564. The highest BCUT2D eigenvalue weighted by Gasteiger charge is 2.30. The van der Waals surface area contributed by atoms with Gasteiger partial charge >= 0.3 is 0 Å². The van der Waals surface area contributed by atoms with Crippen molar-refractivity contribution in [2.75, 3.05) is 33.7 Å². The zero-order valence-corrected chi connectivity index (χ0v) is 14.3. The van der Waals surface area contributed by atoms with Crippen LogP contribution in [0.4, 0.5) is 0 Å². The van der Waals surface area contributed by atoms with Gasteiger partial charge in [0.05, 0.1) is 11.6 Å². The van der Waals surface area contributed by atoms with Crippen LogP contribution in [0.5, 0.6) is 0 Å². The lowest BCUT2D eigenvalue weighted by molar-refractivity contribution is -0.133. The van der Waals surface area contributed by atoms with Crippen molar-refractivity contribution >= 4 is 23.4 Å². The van der Waals surface area contributed by atoms with Crippen molar-refractivity contribution in [1.29, 1.82) is 0 Å². The summed E-state index contributed by atoms with van der Waals surface area (Å²) in [4.78, 5) is 31.9. The lowest BCUT2D eigenvalue weighted by Crippen LogP contribution is -2.43. The molecule has 2 heterocycles. The fourth-order valence-electron chi connectivity index (χ4n) is 2.81. The van der Waals surface area contributed by atoms with Crippen LogP contribution >= 0.6 is 11.6 Å². The summed E-state index contributed by atoms with van der Waals surface area (Å²) in [6.45, 7) is 2.28. The van der Waals surface area contributed by atoms with Crippen molar-refractivity contribution in [2.24, 2.45) is 0 Å².